The number of hydrogen-bond donors (Lipinski definition) is 2. The first-order valence-corrected chi connectivity index (χ1v) is 7.44. The van der Waals surface area contributed by atoms with Crippen LogP contribution >= 0.6 is 0 Å². The van der Waals surface area contributed by atoms with E-state index in [1.165, 1.54) is 12.8 Å². The highest BCUT2D eigenvalue weighted by Gasteiger charge is 2.31. The Labute approximate surface area is 121 Å². The third kappa shape index (κ3) is 4.07. The highest BCUT2D eigenvalue weighted by molar-refractivity contribution is 5.28. The zero-order valence-electron chi connectivity index (χ0n) is 12.9. The Hall–Kier alpha value is -1.36. The number of hydrogen-bond acceptors (Lipinski definition) is 5. The van der Waals surface area contributed by atoms with Crippen LogP contribution in [0.4, 0.5) is 5.95 Å². The summed E-state index contributed by atoms with van der Waals surface area (Å²) >= 11 is 0. The maximum Gasteiger partial charge on any atom is 0.225 e. The van der Waals surface area contributed by atoms with Gasteiger partial charge in [0.1, 0.15) is 0 Å². The molecular formula is C15H26N4O. The van der Waals surface area contributed by atoms with Gasteiger partial charge in [0.25, 0.3) is 0 Å². The predicted molar refractivity (Wildman–Crippen MR) is 81.1 cm³/mol. The van der Waals surface area contributed by atoms with E-state index in [1.54, 1.807) is 12.3 Å². The molecule has 1 aromatic heterocycles. The van der Waals surface area contributed by atoms with Crippen LogP contribution in [0.5, 0.6) is 5.88 Å². The third-order valence-corrected chi connectivity index (χ3v) is 3.78. The van der Waals surface area contributed by atoms with Crippen molar-refractivity contribution >= 4 is 5.95 Å². The average molecular weight is 278 g/mol. The lowest BCUT2D eigenvalue weighted by Crippen LogP contribution is -2.50. The lowest BCUT2D eigenvalue weighted by molar-refractivity contribution is 0.188. The molecule has 1 saturated heterocycles. The number of aromatic nitrogens is 2. The van der Waals surface area contributed by atoms with Crippen molar-refractivity contribution in [3.63, 3.8) is 0 Å². The number of nitrogens with zero attached hydrogens (tertiary/aromatic N) is 2. The minimum Gasteiger partial charge on any atom is -0.475 e. The van der Waals surface area contributed by atoms with Crippen molar-refractivity contribution in [2.75, 3.05) is 18.4 Å². The number of rotatable bonds is 5. The van der Waals surface area contributed by atoms with Crippen LogP contribution in [0.1, 0.15) is 40.5 Å². The van der Waals surface area contributed by atoms with Crippen LogP contribution in [-0.4, -0.2) is 35.2 Å². The summed E-state index contributed by atoms with van der Waals surface area (Å²) in [5, 5.41) is 6.90. The Morgan fingerprint density at radius 2 is 2.30 bits per heavy atom. The van der Waals surface area contributed by atoms with E-state index in [4.69, 9.17) is 4.74 Å². The molecule has 0 amide bonds. The molecule has 0 bridgehead atoms. The molecule has 1 aliphatic rings. The molecule has 0 aliphatic carbocycles. The molecule has 0 saturated carbocycles. The first-order valence-electron chi connectivity index (χ1n) is 7.44. The van der Waals surface area contributed by atoms with E-state index < -0.39 is 0 Å². The van der Waals surface area contributed by atoms with E-state index in [2.05, 4.69) is 34.4 Å². The van der Waals surface area contributed by atoms with Gasteiger partial charge in [0, 0.05) is 24.8 Å². The zero-order chi connectivity index (χ0) is 14.6. The monoisotopic (exact) mass is 278 g/mol. The van der Waals surface area contributed by atoms with Crippen molar-refractivity contribution in [1.29, 1.82) is 0 Å². The second-order valence-electron chi connectivity index (χ2n) is 6.36. The number of piperidine rings is 1. The van der Waals surface area contributed by atoms with Crippen molar-refractivity contribution in [2.24, 2.45) is 5.41 Å². The van der Waals surface area contributed by atoms with E-state index in [1.807, 2.05) is 13.8 Å². The normalized spacial score (nSPS) is 21.8. The Kier molecular flexibility index (Phi) is 4.81. The van der Waals surface area contributed by atoms with Gasteiger partial charge >= 0.3 is 0 Å². The third-order valence-electron chi connectivity index (χ3n) is 3.78. The van der Waals surface area contributed by atoms with E-state index in [0.29, 0.717) is 23.3 Å². The maximum atomic E-state index is 5.58. The standard InChI is InChI=1S/C15H26N4O/c1-11(2)20-13-6-9-17-14(19-13)18-10-12-15(3,4)7-5-8-16-12/h6,9,11-12,16H,5,7-8,10H2,1-4H3,(H,17,18,19). The minimum absolute atomic E-state index is 0.122. The van der Waals surface area contributed by atoms with Crippen LogP contribution in [0.3, 0.4) is 0 Å². The molecule has 1 aromatic rings. The molecule has 5 nitrogen and oxygen atoms in total. The van der Waals surface area contributed by atoms with Gasteiger partial charge in [0.2, 0.25) is 11.8 Å². The van der Waals surface area contributed by atoms with Gasteiger partial charge in [0.05, 0.1) is 6.10 Å². The van der Waals surface area contributed by atoms with E-state index >= 15 is 0 Å². The highest BCUT2D eigenvalue weighted by Crippen LogP contribution is 2.30. The molecule has 2 rings (SSSR count). The van der Waals surface area contributed by atoms with Gasteiger partial charge in [0.15, 0.2) is 0 Å². The van der Waals surface area contributed by atoms with Crippen LogP contribution < -0.4 is 15.4 Å². The fourth-order valence-corrected chi connectivity index (χ4v) is 2.55. The summed E-state index contributed by atoms with van der Waals surface area (Å²) in [6.07, 6.45) is 4.35. The highest BCUT2D eigenvalue weighted by atomic mass is 16.5. The van der Waals surface area contributed by atoms with Crippen LogP contribution in [0, 0.1) is 5.41 Å². The summed E-state index contributed by atoms with van der Waals surface area (Å²) in [6, 6.07) is 2.23. The summed E-state index contributed by atoms with van der Waals surface area (Å²) in [5.41, 5.74) is 0.303. The molecule has 1 atom stereocenters. The first-order chi connectivity index (χ1) is 9.47. The first kappa shape index (κ1) is 15.0. The number of ether oxygens (including phenoxy) is 1. The van der Waals surface area contributed by atoms with Gasteiger partial charge in [-0.05, 0) is 38.6 Å². The van der Waals surface area contributed by atoms with Crippen LogP contribution in [0.2, 0.25) is 0 Å². The smallest absolute Gasteiger partial charge is 0.225 e. The van der Waals surface area contributed by atoms with Crippen molar-refractivity contribution in [3.05, 3.63) is 12.3 Å². The Balaban J connectivity index is 1.93. The molecule has 0 aromatic carbocycles. The largest absolute Gasteiger partial charge is 0.475 e. The molecule has 0 spiro atoms. The quantitative estimate of drug-likeness (QED) is 0.866. The number of nitrogens with one attached hydrogen (secondary N) is 2. The lowest BCUT2D eigenvalue weighted by atomic mass is 9.77. The van der Waals surface area contributed by atoms with Gasteiger partial charge in [-0.1, -0.05) is 13.8 Å². The second-order valence-corrected chi connectivity index (χ2v) is 6.36. The van der Waals surface area contributed by atoms with Gasteiger partial charge < -0.3 is 15.4 Å². The van der Waals surface area contributed by atoms with Crippen molar-refractivity contribution in [1.82, 2.24) is 15.3 Å². The predicted octanol–water partition coefficient (Wildman–Crippen LogP) is 2.45. The van der Waals surface area contributed by atoms with Crippen molar-refractivity contribution in [3.8, 4) is 5.88 Å². The molecular weight excluding hydrogens is 252 g/mol. The zero-order valence-corrected chi connectivity index (χ0v) is 12.9. The molecule has 5 heteroatoms. The molecule has 1 aliphatic heterocycles. The Bertz CT molecular complexity index is 434. The van der Waals surface area contributed by atoms with Gasteiger partial charge in [-0.3, -0.25) is 0 Å². The summed E-state index contributed by atoms with van der Waals surface area (Å²) in [6.45, 7) is 10.5. The fourth-order valence-electron chi connectivity index (χ4n) is 2.55. The molecule has 2 heterocycles. The van der Waals surface area contributed by atoms with E-state index in [9.17, 15) is 0 Å². The summed E-state index contributed by atoms with van der Waals surface area (Å²) in [4.78, 5) is 8.62. The topological polar surface area (TPSA) is 59.1 Å². The summed E-state index contributed by atoms with van der Waals surface area (Å²) in [7, 11) is 0. The summed E-state index contributed by atoms with van der Waals surface area (Å²) in [5.74, 6) is 1.25. The van der Waals surface area contributed by atoms with Crippen molar-refractivity contribution < 1.29 is 4.74 Å². The SMILES string of the molecule is CC(C)Oc1ccnc(NCC2NCCCC2(C)C)n1. The Morgan fingerprint density at radius 3 is 3.00 bits per heavy atom. The van der Waals surface area contributed by atoms with Gasteiger partial charge in [-0.25, -0.2) is 4.98 Å². The van der Waals surface area contributed by atoms with Crippen molar-refractivity contribution in [2.45, 2.75) is 52.7 Å². The second kappa shape index (κ2) is 6.39. The molecule has 1 unspecified atom stereocenters. The van der Waals surface area contributed by atoms with Gasteiger partial charge in [-0.2, -0.15) is 4.98 Å². The van der Waals surface area contributed by atoms with Gasteiger partial charge in [-0.15, -0.1) is 0 Å². The lowest BCUT2D eigenvalue weighted by Gasteiger charge is -2.39. The minimum atomic E-state index is 0.122. The average Bonchev–Trinajstić information content (AvgIpc) is 2.36. The maximum absolute atomic E-state index is 5.58. The molecule has 1 fully saturated rings. The van der Waals surface area contributed by atoms with Crippen LogP contribution in [0.25, 0.3) is 0 Å². The molecule has 0 radical (unpaired) electrons. The Morgan fingerprint density at radius 1 is 1.50 bits per heavy atom. The molecule has 20 heavy (non-hydrogen) atoms. The van der Waals surface area contributed by atoms with E-state index in [0.717, 1.165) is 13.1 Å². The van der Waals surface area contributed by atoms with Crippen LogP contribution in [-0.2, 0) is 0 Å². The van der Waals surface area contributed by atoms with E-state index in [-0.39, 0.29) is 6.10 Å². The molecule has 112 valence electrons. The summed E-state index contributed by atoms with van der Waals surface area (Å²) < 4.78 is 5.58. The molecule has 2 N–H and O–H groups in total. The van der Waals surface area contributed by atoms with Crippen LogP contribution in [0.15, 0.2) is 12.3 Å². The number of anilines is 1. The fraction of sp³-hybridized carbons (Fsp3) is 0.733.